The zero-order chi connectivity index (χ0) is 25.5. The highest BCUT2D eigenvalue weighted by molar-refractivity contribution is 6.39. The molecule has 0 bridgehead atoms. The molecule has 1 aromatic heterocycles. The largest absolute Gasteiger partial charge is 0.347 e. The van der Waals surface area contributed by atoms with Gasteiger partial charge in [-0.15, -0.1) is 0 Å². The summed E-state index contributed by atoms with van der Waals surface area (Å²) in [6.45, 7) is 4.57. The minimum absolute atomic E-state index is 0.116. The third kappa shape index (κ3) is 6.64. The van der Waals surface area contributed by atoms with Crippen molar-refractivity contribution in [3.05, 3.63) is 99.8 Å². The first kappa shape index (κ1) is 26.1. The van der Waals surface area contributed by atoms with Crippen LogP contribution in [0.1, 0.15) is 58.5 Å². The van der Waals surface area contributed by atoms with Crippen LogP contribution in [0, 0.1) is 0 Å². The van der Waals surface area contributed by atoms with Crippen LogP contribution in [0.5, 0.6) is 0 Å². The van der Waals surface area contributed by atoms with Crippen LogP contribution in [-0.4, -0.2) is 46.9 Å². The maximum Gasteiger partial charge on any atom is 0.254 e. The van der Waals surface area contributed by atoms with Gasteiger partial charge in [-0.2, -0.15) is 0 Å². The molecule has 2 heterocycles. The molecule has 8 heteroatoms. The molecule has 3 aromatic rings. The van der Waals surface area contributed by atoms with Gasteiger partial charge in [-0.1, -0.05) is 59.6 Å². The van der Waals surface area contributed by atoms with E-state index in [9.17, 15) is 9.59 Å². The summed E-state index contributed by atoms with van der Waals surface area (Å²) in [6.07, 6.45) is 5.61. The van der Waals surface area contributed by atoms with Gasteiger partial charge in [-0.25, -0.2) is 0 Å². The van der Waals surface area contributed by atoms with Crippen LogP contribution in [0.2, 0.25) is 10.0 Å². The van der Waals surface area contributed by atoms with Crippen molar-refractivity contribution in [3.63, 3.8) is 0 Å². The second-order valence-electron chi connectivity index (χ2n) is 9.42. The lowest BCUT2D eigenvalue weighted by molar-refractivity contribution is 0.0830. The molecule has 1 fully saturated rings. The van der Waals surface area contributed by atoms with Gasteiger partial charge in [0.1, 0.15) is 0 Å². The molecular formula is C28H30Cl2N4O2. The Hall–Kier alpha value is -2.93. The Bertz CT molecular complexity index is 1160. The topological polar surface area (TPSA) is 74.3 Å². The third-order valence-electron chi connectivity index (χ3n) is 6.73. The number of rotatable bonds is 8. The highest BCUT2D eigenvalue weighted by atomic mass is 35.5. The summed E-state index contributed by atoms with van der Waals surface area (Å²) in [7, 11) is 0. The molecule has 6 nitrogen and oxygen atoms in total. The monoisotopic (exact) mass is 524 g/mol. The molecule has 2 N–H and O–H groups in total. The molecule has 1 atom stereocenters. The quantitative estimate of drug-likeness (QED) is 0.406. The van der Waals surface area contributed by atoms with Crippen LogP contribution >= 0.6 is 23.2 Å². The summed E-state index contributed by atoms with van der Waals surface area (Å²) in [5.41, 5.74) is 1.59. The first-order valence-electron chi connectivity index (χ1n) is 12.1. The van der Waals surface area contributed by atoms with Crippen molar-refractivity contribution >= 4 is 35.0 Å². The summed E-state index contributed by atoms with van der Waals surface area (Å²) in [4.78, 5) is 32.1. The Kier molecular flexibility index (Phi) is 8.62. The van der Waals surface area contributed by atoms with Crippen molar-refractivity contribution in [1.82, 2.24) is 20.5 Å². The van der Waals surface area contributed by atoms with Crippen molar-refractivity contribution in [2.75, 3.05) is 19.6 Å². The summed E-state index contributed by atoms with van der Waals surface area (Å²) in [6, 6.07) is 18.5. The molecule has 1 saturated heterocycles. The van der Waals surface area contributed by atoms with Crippen molar-refractivity contribution in [3.8, 4) is 0 Å². The molecule has 0 aliphatic carbocycles. The van der Waals surface area contributed by atoms with Crippen LogP contribution in [-0.2, 0) is 0 Å². The van der Waals surface area contributed by atoms with Gasteiger partial charge < -0.3 is 15.5 Å². The van der Waals surface area contributed by atoms with Gasteiger partial charge in [0.15, 0.2) is 0 Å². The van der Waals surface area contributed by atoms with E-state index in [2.05, 4.69) is 27.4 Å². The first-order valence-corrected chi connectivity index (χ1v) is 12.8. The van der Waals surface area contributed by atoms with E-state index in [0.717, 1.165) is 44.5 Å². The maximum atomic E-state index is 12.9. The first-order chi connectivity index (χ1) is 17.3. The molecule has 1 aliphatic heterocycles. The molecule has 0 unspecified atom stereocenters. The van der Waals surface area contributed by atoms with Crippen LogP contribution in [0.25, 0.3) is 0 Å². The summed E-state index contributed by atoms with van der Waals surface area (Å²) >= 11 is 12.4. The van der Waals surface area contributed by atoms with Crippen molar-refractivity contribution in [1.29, 1.82) is 0 Å². The van der Waals surface area contributed by atoms with Gasteiger partial charge in [0.2, 0.25) is 0 Å². The molecule has 0 spiro atoms. The molecule has 1 aliphatic rings. The number of hydrogen-bond donors (Lipinski definition) is 2. The maximum absolute atomic E-state index is 12.9. The summed E-state index contributed by atoms with van der Waals surface area (Å²) in [5.74, 6) is -0.382. The van der Waals surface area contributed by atoms with Gasteiger partial charge in [-0.05, 0) is 56.0 Å². The number of nitrogens with one attached hydrogen (secondary N) is 2. The predicted molar refractivity (Wildman–Crippen MR) is 144 cm³/mol. The lowest BCUT2D eigenvalue weighted by Crippen LogP contribution is -2.53. The molecule has 2 amide bonds. The van der Waals surface area contributed by atoms with Crippen LogP contribution in [0.15, 0.2) is 73.1 Å². The number of hydrogen-bond acceptors (Lipinski definition) is 4. The molecular weight excluding hydrogens is 495 g/mol. The summed E-state index contributed by atoms with van der Waals surface area (Å²) < 4.78 is 0. The number of benzene rings is 2. The van der Waals surface area contributed by atoms with E-state index in [0.29, 0.717) is 21.2 Å². The molecule has 0 saturated carbocycles. The Morgan fingerprint density at radius 3 is 2.31 bits per heavy atom. The number of carbonyl (C=O) groups excluding carboxylic acids is 2. The Balaban J connectivity index is 1.34. The Morgan fingerprint density at radius 2 is 1.67 bits per heavy atom. The number of likely N-dealkylation sites (tertiary alicyclic amines) is 1. The van der Waals surface area contributed by atoms with Gasteiger partial charge in [0.05, 0.1) is 27.2 Å². The predicted octanol–water partition coefficient (Wildman–Crippen LogP) is 5.53. The second kappa shape index (κ2) is 11.9. The highest BCUT2D eigenvalue weighted by Gasteiger charge is 2.33. The highest BCUT2D eigenvalue weighted by Crippen LogP contribution is 2.28. The number of carbonyl (C=O) groups is 2. The SMILES string of the molecule is CC1(NC(=O)c2c(Cl)cccc2Cl)CCN(CC[C@H](NC(=O)c2cccnc2)c2ccccc2)CC1. The molecule has 0 radical (unpaired) electrons. The number of piperidine rings is 1. The van der Waals surface area contributed by atoms with Gasteiger partial charge >= 0.3 is 0 Å². The smallest absolute Gasteiger partial charge is 0.254 e. The number of pyridine rings is 1. The molecule has 4 rings (SSSR count). The van der Waals surface area contributed by atoms with Crippen molar-refractivity contribution < 1.29 is 9.59 Å². The second-order valence-corrected chi connectivity index (χ2v) is 10.2. The number of amides is 2. The Morgan fingerprint density at radius 1 is 0.972 bits per heavy atom. The average Bonchev–Trinajstić information content (AvgIpc) is 2.88. The average molecular weight is 525 g/mol. The van der Waals surface area contributed by atoms with Crippen molar-refractivity contribution in [2.24, 2.45) is 0 Å². The molecule has 2 aromatic carbocycles. The molecule has 36 heavy (non-hydrogen) atoms. The number of aromatic nitrogens is 1. The lowest BCUT2D eigenvalue weighted by Gasteiger charge is -2.40. The van der Waals surface area contributed by atoms with Gasteiger partial charge in [-0.3, -0.25) is 14.6 Å². The van der Waals surface area contributed by atoms with E-state index < -0.39 is 0 Å². The van der Waals surface area contributed by atoms with Crippen LogP contribution in [0.4, 0.5) is 0 Å². The number of halogens is 2. The van der Waals surface area contributed by atoms with Crippen molar-refractivity contribution in [2.45, 2.75) is 37.8 Å². The van der Waals surface area contributed by atoms with Crippen LogP contribution in [0.3, 0.4) is 0 Å². The number of nitrogens with zero attached hydrogens (tertiary/aromatic N) is 2. The van der Waals surface area contributed by atoms with Gasteiger partial charge in [0.25, 0.3) is 11.8 Å². The standard InChI is InChI=1S/C28H30Cl2N4O2/c1-28(33-27(36)25-22(29)10-5-11-23(25)30)13-17-34(18-14-28)16-12-24(20-7-3-2-4-8-20)32-26(35)21-9-6-15-31-19-21/h2-11,15,19,24H,12-14,16-18H2,1H3,(H,32,35)(H,33,36)/t24-/m0/s1. The third-order valence-corrected chi connectivity index (χ3v) is 7.36. The fourth-order valence-electron chi connectivity index (χ4n) is 4.50. The summed E-state index contributed by atoms with van der Waals surface area (Å²) in [5, 5.41) is 7.02. The fraction of sp³-hybridized carbons (Fsp3) is 0.321. The fourth-order valence-corrected chi connectivity index (χ4v) is 5.07. The lowest BCUT2D eigenvalue weighted by atomic mass is 9.89. The van der Waals surface area contributed by atoms with E-state index in [1.165, 1.54) is 0 Å². The van der Waals surface area contributed by atoms with E-state index in [1.54, 1.807) is 42.7 Å². The van der Waals surface area contributed by atoms with Crippen LogP contribution < -0.4 is 10.6 Å². The zero-order valence-corrected chi connectivity index (χ0v) is 21.7. The normalized spacial score (nSPS) is 16.2. The Labute approximate surface area is 222 Å². The van der Waals surface area contributed by atoms with Gasteiger partial charge in [0, 0.05) is 37.6 Å². The minimum atomic E-state index is -0.344. The van der Waals surface area contributed by atoms with E-state index >= 15 is 0 Å². The molecule has 188 valence electrons. The van der Waals surface area contributed by atoms with E-state index in [-0.39, 0.29) is 23.4 Å². The van der Waals surface area contributed by atoms with E-state index in [1.807, 2.05) is 30.3 Å². The van der Waals surface area contributed by atoms with E-state index in [4.69, 9.17) is 23.2 Å². The zero-order valence-electron chi connectivity index (χ0n) is 20.2. The minimum Gasteiger partial charge on any atom is -0.347 e.